The minimum atomic E-state index is -3.29. The summed E-state index contributed by atoms with van der Waals surface area (Å²) in [5.41, 5.74) is 4.19. The largest absolute Gasteiger partial charge is 0.359 e. The van der Waals surface area contributed by atoms with Crippen LogP contribution in [0, 0.1) is 6.92 Å². The minimum absolute atomic E-state index is 0.0123. The molecule has 1 saturated heterocycles. The molecule has 174 valence electrons. The smallest absolute Gasteiger partial charge is 0.178 e. The van der Waals surface area contributed by atoms with Gasteiger partial charge in [-0.25, -0.2) is 13.4 Å². The zero-order valence-corrected chi connectivity index (χ0v) is 20.2. The topological polar surface area (TPSA) is 86.7 Å². The molecule has 1 aromatic carbocycles. The molecular formula is C25H31N5O2S. The van der Waals surface area contributed by atoms with Crippen LogP contribution in [0.2, 0.25) is 0 Å². The lowest BCUT2D eigenvalue weighted by Crippen LogP contribution is -2.44. The summed E-state index contributed by atoms with van der Waals surface area (Å²) in [6.45, 7) is 5.84. The Morgan fingerprint density at radius 1 is 1.21 bits per heavy atom. The highest BCUT2D eigenvalue weighted by molar-refractivity contribution is 7.91. The SMILES string of the molecule is CCS(=O)(=O)c1cccc(C2=CNC(=NC3CCN(C)CC3)C3Nc4ncc(C)cc4C23)c1. The summed E-state index contributed by atoms with van der Waals surface area (Å²) >= 11 is 0. The predicted octanol–water partition coefficient (Wildman–Crippen LogP) is 3.20. The van der Waals surface area contributed by atoms with Gasteiger partial charge >= 0.3 is 0 Å². The van der Waals surface area contributed by atoms with E-state index in [9.17, 15) is 8.42 Å². The molecule has 0 bridgehead atoms. The predicted molar refractivity (Wildman–Crippen MR) is 132 cm³/mol. The molecule has 33 heavy (non-hydrogen) atoms. The van der Waals surface area contributed by atoms with Crippen LogP contribution < -0.4 is 10.6 Å². The van der Waals surface area contributed by atoms with Crippen LogP contribution in [-0.4, -0.2) is 62.1 Å². The highest BCUT2D eigenvalue weighted by Gasteiger charge is 2.42. The summed E-state index contributed by atoms with van der Waals surface area (Å²) in [7, 11) is -1.13. The maximum Gasteiger partial charge on any atom is 0.178 e. The number of hydrogen-bond donors (Lipinski definition) is 2. The Labute approximate surface area is 195 Å². The number of amidine groups is 1. The molecule has 1 aromatic heterocycles. The maximum absolute atomic E-state index is 12.5. The van der Waals surface area contributed by atoms with E-state index in [2.05, 4.69) is 33.6 Å². The molecule has 5 rings (SSSR count). The molecule has 1 fully saturated rings. The molecule has 3 aliphatic heterocycles. The van der Waals surface area contributed by atoms with Gasteiger partial charge in [-0.1, -0.05) is 25.1 Å². The van der Waals surface area contributed by atoms with Crippen molar-refractivity contribution < 1.29 is 8.42 Å². The molecule has 8 heteroatoms. The van der Waals surface area contributed by atoms with Crippen LogP contribution in [0.4, 0.5) is 5.82 Å². The average Bonchev–Trinajstić information content (AvgIpc) is 3.20. The molecule has 2 unspecified atom stereocenters. The molecule has 0 saturated carbocycles. The van der Waals surface area contributed by atoms with E-state index < -0.39 is 9.84 Å². The van der Waals surface area contributed by atoms with E-state index in [4.69, 9.17) is 4.99 Å². The van der Waals surface area contributed by atoms with E-state index in [1.54, 1.807) is 19.1 Å². The van der Waals surface area contributed by atoms with Crippen LogP contribution in [0.15, 0.2) is 52.6 Å². The Hall–Kier alpha value is -2.71. The summed E-state index contributed by atoms with van der Waals surface area (Å²) in [6.07, 6.45) is 5.99. The second-order valence-corrected chi connectivity index (χ2v) is 11.6. The number of pyridine rings is 1. The van der Waals surface area contributed by atoms with Crippen LogP contribution >= 0.6 is 0 Å². The van der Waals surface area contributed by atoms with Crippen LogP contribution in [0.1, 0.15) is 42.4 Å². The van der Waals surface area contributed by atoms with E-state index in [0.717, 1.165) is 59.8 Å². The molecule has 0 radical (unpaired) electrons. The van der Waals surface area contributed by atoms with Gasteiger partial charge in [0.25, 0.3) is 0 Å². The summed E-state index contributed by atoms with van der Waals surface area (Å²) in [4.78, 5) is 12.5. The minimum Gasteiger partial charge on any atom is -0.359 e. The van der Waals surface area contributed by atoms with Crippen molar-refractivity contribution in [3.05, 3.63) is 59.4 Å². The molecule has 0 amide bonds. The van der Waals surface area contributed by atoms with Gasteiger partial charge in [-0.3, -0.25) is 4.99 Å². The number of piperidine rings is 1. The van der Waals surface area contributed by atoms with Crippen molar-refractivity contribution in [1.82, 2.24) is 15.2 Å². The number of benzene rings is 1. The first-order valence-electron chi connectivity index (χ1n) is 11.6. The average molecular weight is 466 g/mol. The highest BCUT2D eigenvalue weighted by atomic mass is 32.2. The fraction of sp³-hybridized carbons (Fsp3) is 0.440. The number of anilines is 1. The van der Waals surface area contributed by atoms with Crippen LogP contribution in [0.5, 0.6) is 0 Å². The van der Waals surface area contributed by atoms with Gasteiger partial charge in [0, 0.05) is 23.9 Å². The van der Waals surface area contributed by atoms with Gasteiger partial charge in [0.1, 0.15) is 11.7 Å². The first kappa shape index (κ1) is 22.1. The number of likely N-dealkylation sites (tertiary alicyclic amines) is 1. The lowest BCUT2D eigenvalue weighted by Gasteiger charge is -2.32. The summed E-state index contributed by atoms with van der Waals surface area (Å²) in [5.74, 6) is 1.91. The van der Waals surface area contributed by atoms with E-state index >= 15 is 0 Å². The molecule has 7 nitrogen and oxygen atoms in total. The fourth-order valence-electron chi connectivity index (χ4n) is 5.00. The first-order valence-corrected chi connectivity index (χ1v) is 13.3. The normalized spacial score (nSPS) is 24.6. The summed E-state index contributed by atoms with van der Waals surface area (Å²) < 4.78 is 25.0. The highest BCUT2D eigenvalue weighted by Crippen LogP contribution is 2.45. The Morgan fingerprint density at radius 2 is 2.00 bits per heavy atom. The molecular weight excluding hydrogens is 434 g/mol. The van der Waals surface area contributed by atoms with Crippen molar-refractivity contribution in [2.24, 2.45) is 4.99 Å². The number of nitrogens with one attached hydrogen (secondary N) is 2. The van der Waals surface area contributed by atoms with Crippen LogP contribution in [0.25, 0.3) is 5.57 Å². The van der Waals surface area contributed by atoms with Gasteiger partial charge in [0.05, 0.1) is 22.7 Å². The van der Waals surface area contributed by atoms with Gasteiger partial charge in [0.15, 0.2) is 9.84 Å². The Balaban J connectivity index is 1.57. The number of rotatable bonds is 4. The fourth-order valence-corrected chi connectivity index (χ4v) is 5.93. The monoisotopic (exact) mass is 465 g/mol. The van der Waals surface area contributed by atoms with E-state index in [1.807, 2.05) is 31.5 Å². The second kappa shape index (κ2) is 8.57. The Morgan fingerprint density at radius 3 is 2.76 bits per heavy atom. The van der Waals surface area contributed by atoms with Gasteiger partial charge in [-0.2, -0.15) is 0 Å². The van der Waals surface area contributed by atoms with Crippen molar-refractivity contribution >= 4 is 27.1 Å². The van der Waals surface area contributed by atoms with Crippen molar-refractivity contribution in [2.45, 2.75) is 49.6 Å². The van der Waals surface area contributed by atoms with E-state index in [-0.39, 0.29) is 17.7 Å². The number of hydrogen-bond acceptors (Lipinski definition) is 6. The van der Waals surface area contributed by atoms with Gasteiger partial charge in [-0.05, 0) is 68.7 Å². The number of nitrogens with zero attached hydrogens (tertiary/aromatic N) is 3. The quantitative estimate of drug-likeness (QED) is 0.721. The molecule has 0 spiro atoms. The third-order valence-electron chi connectivity index (χ3n) is 6.94. The molecule has 2 aromatic rings. The first-order chi connectivity index (χ1) is 15.9. The third-order valence-corrected chi connectivity index (χ3v) is 8.67. The molecule has 2 N–H and O–H groups in total. The summed E-state index contributed by atoms with van der Waals surface area (Å²) in [5, 5.41) is 7.05. The molecule has 3 aliphatic rings. The molecule has 4 heterocycles. The van der Waals surface area contributed by atoms with E-state index in [0.29, 0.717) is 10.9 Å². The summed E-state index contributed by atoms with van der Waals surface area (Å²) in [6, 6.07) is 9.71. The number of fused-ring (bicyclic) bond motifs is 3. The third kappa shape index (κ3) is 4.17. The van der Waals surface area contributed by atoms with E-state index in [1.165, 1.54) is 0 Å². The lowest BCUT2D eigenvalue weighted by molar-refractivity contribution is 0.256. The van der Waals surface area contributed by atoms with Crippen molar-refractivity contribution in [2.75, 3.05) is 31.2 Å². The van der Waals surface area contributed by atoms with Crippen molar-refractivity contribution in [3.8, 4) is 0 Å². The van der Waals surface area contributed by atoms with Gasteiger partial charge in [-0.15, -0.1) is 0 Å². The molecule has 2 atom stereocenters. The number of aryl methyl sites for hydroxylation is 1. The Bertz CT molecular complexity index is 1230. The van der Waals surface area contributed by atoms with Gasteiger partial charge < -0.3 is 15.5 Å². The standard InChI is InChI=1S/C25H31N5O2S/c1-4-33(31,32)19-7-5-6-17(13-19)21-15-27-25(28-18-8-10-30(3)11-9-18)23-22(21)20-12-16(2)14-26-24(20)29-23/h5-7,12-15,18,22-23H,4,8-11H2,1-3H3,(H,26,29)(H,27,28). The van der Waals surface area contributed by atoms with Crippen LogP contribution in [-0.2, 0) is 9.84 Å². The maximum atomic E-state index is 12.5. The molecule has 0 aliphatic carbocycles. The number of aliphatic imine (C=N–C) groups is 1. The zero-order chi connectivity index (χ0) is 23.2. The number of aromatic nitrogens is 1. The lowest BCUT2D eigenvalue weighted by atomic mass is 9.82. The number of sulfone groups is 1. The van der Waals surface area contributed by atoms with Gasteiger partial charge in [0.2, 0.25) is 0 Å². The zero-order valence-electron chi connectivity index (χ0n) is 19.4. The van der Waals surface area contributed by atoms with Crippen LogP contribution in [0.3, 0.4) is 0 Å². The van der Waals surface area contributed by atoms with Crippen molar-refractivity contribution in [1.29, 1.82) is 0 Å². The second-order valence-electron chi connectivity index (χ2n) is 9.27. The Kier molecular flexibility index (Phi) is 5.74. The van der Waals surface area contributed by atoms with Crippen molar-refractivity contribution in [3.63, 3.8) is 0 Å².